The molecule has 0 aliphatic carbocycles. The third kappa shape index (κ3) is 5.87. The van der Waals surface area contributed by atoms with Crippen molar-refractivity contribution in [3.05, 3.63) is 95.3 Å². The third-order valence-corrected chi connectivity index (χ3v) is 4.31. The molecule has 0 saturated heterocycles. The number of amides is 2. The van der Waals surface area contributed by atoms with Gasteiger partial charge in [0, 0.05) is 17.4 Å². The van der Waals surface area contributed by atoms with Crippen molar-refractivity contribution in [2.24, 2.45) is 0 Å². The molecular formula is C24H23N3O2. The zero-order valence-electron chi connectivity index (χ0n) is 16.4. The van der Waals surface area contributed by atoms with E-state index in [1.807, 2.05) is 73.7 Å². The van der Waals surface area contributed by atoms with Crippen LogP contribution < -0.4 is 10.6 Å². The van der Waals surface area contributed by atoms with Crippen molar-refractivity contribution in [3.63, 3.8) is 0 Å². The quantitative estimate of drug-likeness (QED) is 0.664. The lowest BCUT2D eigenvalue weighted by Crippen LogP contribution is -2.41. The van der Waals surface area contributed by atoms with Crippen LogP contribution in [0.3, 0.4) is 0 Å². The van der Waals surface area contributed by atoms with E-state index in [-0.39, 0.29) is 11.8 Å². The number of nitrogens with zero attached hydrogens (tertiary/aromatic N) is 1. The Morgan fingerprint density at radius 3 is 2.55 bits per heavy atom. The molecule has 146 valence electrons. The summed E-state index contributed by atoms with van der Waals surface area (Å²) in [5.74, 6) is -0.555. The van der Waals surface area contributed by atoms with E-state index in [4.69, 9.17) is 0 Å². The number of hydrogen-bond donors (Lipinski definition) is 2. The van der Waals surface area contributed by atoms with E-state index in [1.54, 1.807) is 25.3 Å². The lowest BCUT2D eigenvalue weighted by Gasteiger charge is -2.14. The Labute approximate surface area is 170 Å². The first-order valence-electron chi connectivity index (χ1n) is 9.39. The smallest absolute Gasteiger partial charge is 0.251 e. The van der Waals surface area contributed by atoms with E-state index in [2.05, 4.69) is 15.6 Å². The number of rotatable bonds is 6. The van der Waals surface area contributed by atoms with Crippen LogP contribution >= 0.6 is 0 Å². The molecule has 2 N–H and O–H groups in total. The van der Waals surface area contributed by atoms with Crippen LogP contribution in [0.1, 0.15) is 34.1 Å². The molecule has 29 heavy (non-hydrogen) atoms. The lowest BCUT2D eigenvalue weighted by molar-refractivity contribution is -0.117. The zero-order valence-corrected chi connectivity index (χ0v) is 16.4. The average molecular weight is 385 g/mol. The Hall–Kier alpha value is -3.73. The molecule has 1 atom stereocenters. The highest BCUT2D eigenvalue weighted by molar-refractivity contribution is 6.01. The van der Waals surface area contributed by atoms with Gasteiger partial charge in [-0.25, -0.2) is 0 Å². The van der Waals surface area contributed by atoms with Crippen molar-refractivity contribution in [2.45, 2.75) is 19.9 Å². The van der Waals surface area contributed by atoms with Crippen molar-refractivity contribution in [3.8, 4) is 0 Å². The third-order valence-electron chi connectivity index (χ3n) is 4.31. The molecule has 2 aromatic carbocycles. The standard InChI is InChI=1S/C24H23N3O2/c1-17-7-5-9-20(15-17)24(29)26-18(2)23(28)27-22-11-6-8-19(16-22)12-13-21-10-3-4-14-25-21/h3-16,18H,1-2H3,(H,26,29)(H,27,28)/b13-12+/t18-/m0/s1. The van der Waals surface area contributed by atoms with Gasteiger partial charge in [0.15, 0.2) is 0 Å². The molecule has 0 spiro atoms. The van der Waals surface area contributed by atoms with Gasteiger partial charge in [0.25, 0.3) is 5.91 Å². The van der Waals surface area contributed by atoms with Crippen molar-refractivity contribution in [1.82, 2.24) is 10.3 Å². The fourth-order valence-corrected chi connectivity index (χ4v) is 2.76. The van der Waals surface area contributed by atoms with Crippen molar-refractivity contribution in [2.75, 3.05) is 5.32 Å². The highest BCUT2D eigenvalue weighted by atomic mass is 16.2. The SMILES string of the molecule is Cc1cccc(C(=O)N[C@@H](C)C(=O)Nc2cccc(/C=C/c3ccccn3)c2)c1. The Morgan fingerprint density at radius 2 is 1.79 bits per heavy atom. The number of pyridine rings is 1. The van der Waals surface area contributed by atoms with Gasteiger partial charge >= 0.3 is 0 Å². The maximum Gasteiger partial charge on any atom is 0.251 e. The summed E-state index contributed by atoms with van der Waals surface area (Å²) in [7, 11) is 0. The molecule has 3 aromatic rings. The first-order chi connectivity index (χ1) is 14.0. The van der Waals surface area contributed by atoms with Crippen LogP contribution in [-0.4, -0.2) is 22.8 Å². The molecule has 0 fully saturated rings. The van der Waals surface area contributed by atoms with E-state index in [9.17, 15) is 9.59 Å². The highest BCUT2D eigenvalue weighted by Gasteiger charge is 2.16. The van der Waals surface area contributed by atoms with Crippen LogP contribution in [0.5, 0.6) is 0 Å². The first-order valence-corrected chi connectivity index (χ1v) is 9.39. The van der Waals surface area contributed by atoms with Crippen molar-refractivity contribution in [1.29, 1.82) is 0 Å². The predicted octanol–water partition coefficient (Wildman–Crippen LogP) is 4.32. The number of aryl methyl sites for hydroxylation is 1. The second-order valence-electron chi connectivity index (χ2n) is 6.77. The van der Waals surface area contributed by atoms with E-state index in [0.717, 1.165) is 16.8 Å². The van der Waals surface area contributed by atoms with Gasteiger partial charge in [-0.2, -0.15) is 0 Å². The molecule has 0 aliphatic heterocycles. The maximum absolute atomic E-state index is 12.5. The van der Waals surface area contributed by atoms with Gasteiger partial charge in [-0.05, 0) is 61.9 Å². The van der Waals surface area contributed by atoms with Gasteiger partial charge in [0.05, 0.1) is 5.69 Å². The van der Waals surface area contributed by atoms with E-state index in [1.165, 1.54) is 0 Å². The molecular weight excluding hydrogens is 362 g/mol. The molecule has 0 saturated carbocycles. The number of nitrogens with one attached hydrogen (secondary N) is 2. The summed E-state index contributed by atoms with van der Waals surface area (Å²) in [4.78, 5) is 29.1. The molecule has 0 bridgehead atoms. The minimum Gasteiger partial charge on any atom is -0.341 e. The number of carbonyl (C=O) groups is 2. The highest BCUT2D eigenvalue weighted by Crippen LogP contribution is 2.14. The number of benzene rings is 2. The fourth-order valence-electron chi connectivity index (χ4n) is 2.76. The fraction of sp³-hybridized carbons (Fsp3) is 0.125. The van der Waals surface area contributed by atoms with Crippen LogP contribution in [0.15, 0.2) is 72.9 Å². The number of hydrogen-bond acceptors (Lipinski definition) is 3. The molecule has 3 rings (SSSR count). The number of anilines is 1. The van der Waals surface area contributed by atoms with Crippen molar-refractivity contribution >= 4 is 29.7 Å². The zero-order chi connectivity index (χ0) is 20.6. The van der Waals surface area contributed by atoms with Gasteiger partial charge in [-0.1, -0.05) is 42.0 Å². The molecule has 1 heterocycles. The summed E-state index contributed by atoms with van der Waals surface area (Å²) in [6, 6.07) is 19.8. The molecule has 1 aromatic heterocycles. The maximum atomic E-state index is 12.5. The Morgan fingerprint density at radius 1 is 0.966 bits per heavy atom. The van der Waals surface area contributed by atoms with Crippen LogP contribution in [-0.2, 0) is 4.79 Å². The Balaban J connectivity index is 1.61. The first kappa shape index (κ1) is 20.0. The Kier molecular flexibility index (Phi) is 6.53. The van der Waals surface area contributed by atoms with Gasteiger partial charge in [-0.3, -0.25) is 14.6 Å². The molecule has 0 radical (unpaired) electrons. The van der Waals surface area contributed by atoms with Crippen LogP contribution in [0.4, 0.5) is 5.69 Å². The molecule has 0 unspecified atom stereocenters. The summed E-state index contributed by atoms with van der Waals surface area (Å²) < 4.78 is 0. The van der Waals surface area contributed by atoms with Crippen LogP contribution in [0, 0.1) is 6.92 Å². The predicted molar refractivity (Wildman–Crippen MR) is 116 cm³/mol. The summed E-state index contributed by atoms with van der Waals surface area (Å²) >= 11 is 0. The Bertz CT molecular complexity index is 1030. The normalized spacial score (nSPS) is 11.8. The van der Waals surface area contributed by atoms with Gasteiger partial charge < -0.3 is 10.6 Å². The second kappa shape index (κ2) is 9.46. The average Bonchev–Trinajstić information content (AvgIpc) is 2.73. The minimum absolute atomic E-state index is 0.275. The minimum atomic E-state index is -0.671. The second-order valence-corrected chi connectivity index (χ2v) is 6.77. The summed E-state index contributed by atoms with van der Waals surface area (Å²) in [5, 5.41) is 5.58. The number of carbonyl (C=O) groups excluding carboxylic acids is 2. The summed E-state index contributed by atoms with van der Waals surface area (Å²) in [6.07, 6.45) is 5.58. The van der Waals surface area contributed by atoms with E-state index in [0.29, 0.717) is 11.3 Å². The molecule has 2 amide bonds. The number of aromatic nitrogens is 1. The molecule has 5 nitrogen and oxygen atoms in total. The molecule has 0 aliphatic rings. The van der Waals surface area contributed by atoms with E-state index < -0.39 is 6.04 Å². The van der Waals surface area contributed by atoms with Crippen LogP contribution in [0.25, 0.3) is 12.2 Å². The van der Waals surface area contributed by atoms with Gasteiger partial charge in [0.1, 0.15) is 6.04 Å². The van der Waals surface area contributed by atoms with Crippen molar-refractivity contribution < 1.29 is 9.59 Å². The largest absolute Gasteiger partial charge is 0.341 e. The summed E-state index contributed by atoms with van der Waals surface area (Å²) in [5.41, 5.74) is 3.98. The lowest BCUT2D eigenvalue weighted by atomic mass is 10.1. The van der Waals surface area contributed by atoms with Crippen LogP contribution in [0.2, 0.25) is 0 Å². The van der Waals surface area contributed by atoms with Gasteiger partial charge in [-0.15, -0.1) is 0 Å². The van der Waals surface area contributed by atoms with Gasteiger partial charge in [0.2, 0.25) is 5.91 Å². The van der Waals surface area contributed by atoms with E-state index >= 15 is 0 Å². The molecule has 5 heteroatoms. The summed E-state index contributed by atoms with van der Waals surface area (Å²) in [6.45, 7) is 3.58. The monoisotopic (exact) mass is 385 g/mol. The topological polar surface area (TPSA) is 71.1 Å².